The van der Waals surface area contributed by atoms with E-state index in [1.54, 1.807) is 5.56 Å². The number of hydrogen-bond acceptors (Lipinski definition) is 1. The number of rotatable bonds is 4. The molecule has 1 aliphatic heterocycles. The summed E-state index contributed by atoms with van der Waals surface area (Å²) in [6.07, 6.45) is 0. The molecule has 0 fully saturated rings. The molecule has 0 saturated heterocycles. The van der Waals surface area contributed by atoms with Crippen molar-refractivity contribution in [1.82, 2.24) is 0 Å². The molecule has 0 spiro atoms. The van der Waals surface area contributed by atoms with Crippen LogP contribution in [0, 0.1) is 0 Å². The van der Waals surface area contributed by atoms with Crippen LogP contribution in [-0.4, -0.2) is 30.8 Å². The molecule has 0 aliphatic carbocycles. The Bertz CT molecular complexity index is 597. The summed E-state index contributed by atoms with van der Waals surface area (Å²) < 4.78 is 0. The molecule has 0 saturated carbocycles. The second-order valence-electron chi connectivity index (χ2n) is 10.1. The molecule has 1 heterocycles. The van der Waals surface area contributed by atoms with Gasteiger partial charge in [-0.2, -0.15) is 0 Å². The van der Waals surface area contributed by atoms with E-state index in [1.165, 1.54) is 5.69 Å². The average Bonchev–Trinajstić information content (AvgIpc) is 2.74. The molecule has 0 aromatic heterocycles. The van der Waals surface area contributed by atoms with Crippen LogP contribution in [0.3, 0.4) is 0 Å². The van der Waals surface area contributed by atoms with Gasteiger partial charge in [-0.1, -0.05) is 87.1 Å². The van der Waals surface area contributed by atoms with E-state index < -0.39 is 24.2 Å². The number of nitrogens with one attached hydrogen (secondary N) is 1. The third-order valence-corrected chi connectivity index (χ3v) is 15.5. The van der Waals surface area contributed by atoms with Gasteiger partial charge < -0.3 is 5.32 Å². The zero-order chi connectivity index (χ0) is 17.6. The van der Waals surface area contributed by atoms with Crippen LogP contribution in [0.5, 0.6) is 0 Å². The number of para-hydroxylation sites is 1. The van der Waals surface area contributed by atoms with Crippen LogP contribution >= 0.6 is 0 Å². The van der Waals surface area contributed by atoms with Gasteiger partial charge in [-0.3, -0.25) is 0 Å². The molecule has 4 heteroatoms. The Hall–Kier alpha value is -0.589. The Labute approximate surface area is 146 Å². The van der Waals surface area contributed by atoms with Crippen LogP contribution < -0.4 is 5.32 Å². The van der Waals surface area contributed by atoms with Crippen molar-refractivity contribution in [2.75, 3.05) is 11.9 Å². The van der Waals surface area contributed by atoms with Gasteiger partial charge >= 0.3 is 0 Å². The smallest absolute Gasteiger partial charge is 0.0722 e. The topological polar surface area (TPSA) is 12.0 Å². The summed E-state index contributed by atoms with van der Waals surface area (Å²) >= 11 is 0. The third kappa shape index (κ3) is 3.91. The summed E-state index contributed by atoms with van der Waals surface area (Å²) in [6.45, 7) is 24.2. The van der Waals surface area contributed by atoms with Crippen molar-refractivity contribution >= 4 is 29.9 Å². The number of fused-ring (bicyclic) bond motifs is 1. The second-order valence-corrected chi connectivity index (χ2v) is 25.6. The van der Waals surface area contributed by atoms with Crippen LogP contribution in [0.25, 0.3) is 0 Å². The molecular formula is C19H35NSi3. The highest BCUT2D eigenvalue weighted by Gasteiger charge is 2.41. The molecule has 0 radical (unpaired) electrons. The fourth-order valence-corrected chi connectivity index (χ4v) is 22.1. The monoisotopic (exact) mass is 361 g/mol. The molecule has 0 amide bonds. The molecule has 128 valence electrons. The van der Waals surface area contributed by atoms with Crippen molar-refractivity contribution in [3.63, 3.8) is 0 Å². The van der Waals surface area contributed by atoms with Crippen LogP contribution in [0.1, 0.15) is 11.5 Å². The summed E-state index contributed by atoms with van der Waals surface area (Å²) in [5, 5.41) is 5.56. The highest BCUT2D eigenvalue weighted by molar-refractivity contribution is 7.06. The third-order valence-electron chi connectivity index (χ3n) is 4.76. The maximum atomic E-state index is 3.68. The van der Waals surface area contributed by atoms with Gasteiger partial charge in [0.15, 0.2) is 0 Å². The maximum absolute atomic E-state index is 3.68. The first-order valence-corrected chi connectivity index (χ1v) is 19.4. The fourth-order valence-electron chi connectivity index (χ4n) is 4.55. The quantitative estimate of drug-likeness (QED) is 0.636. The zero-order valence-corrected chi connectivity index (χ0v) is 19.6. The summed E-state index contributed by atoms with van der Waals surface area (Å²) in [6, 6.07) is 8.97. The number of benzene rings is 1. The first-order valence-electron chi connectivity index (χ1n) is 8.92. The Morgan fingerprint density at radius 2 is 1.35 bits per heavy atom. The van der Waals surface area contributed by atoms with E-state index in [4.69, 9.17) is 0 Å². The van der Waals surface area contributed by atoms with E-state index in [0.717, 1.165) is 6.54 Å². The molecule has 1 N–H and O–H groups in total. The predicted octanol–water partition coefficient (Wildman–Crippen LogP) is 6.12. The van der Waals surface area contributed by atoms with E-state index in [2.05, 4.69) is 88.5 Å². The van der Waals surface area contributed by atoms with Gasteiger partial charge in [-0.25, -0.2) is 0 Å². The Balaban J connectivity index is 2.75. The van der Waals surface area contributed by atoms with Crippen LogP contribution in [0.4, 0.5) is 5.69 Å². The molecule has 23 heavy (non-hydrogen) atoms. The van der Waals surface area contributed by atoms with Gasteiger partial charge in [0.05, 0.1) is 24.2 Å². The zero-order valence-electron chi connectivity index (χ0n) is 16.6. The van der Waals surface area contributed by atoms with Gasteiger partial charge in [0, 0.05) is 18.2 Å². The first-order chi connectivity index (χ1) is 10.3. The van der Waals surface area contributed by atoms with Crippen molar-refractivity contribution in [3.05, 3.63) is 39.8 Å². The summed E-state index contributed by atoms with van der Waals surface area (Å²) in [5.74, 6) is 0.603. The van der Waals surface area contributed by atoms with Crippen LogP contribution in [-0.2, 0) is 0 Å². The normalized spacial score (nSPS) is 18.4. The molecule has 1 unspecified atom stereocenters. The molecule has 2 rings (SSSR count). The lowest BCUT2D eigenvalue weighted by atomic mass is 10.0. The molecular weight excluding hydrogens is 326 g/mol. The molecule has 1 aromatic rings. The summed E-state index contributed by atoms with van der Waals surface area (Å²) in [5.41, 5.74) is 2.90. The fraction of sp³-hybridized carbons (Fsp3) is 0.579. The summed E-state index contributed by atoms with van der Waals surface area (Å²) in [7, 11) is -4.06. The van der Waals surface area contributed by atoms with Gasteiger partial charge in [-0.15, -0.1) is 0 Å². The number of hydrogen-bond donors (Lipinski definition) is 1. The Morgan fingerprint density at radius 3 is 1.83 bits per heavy atom. The standard InChI is InChI=1S/C19H35NSi3/c1-21(2,3)18(19(22(4,5)6)23(7,8)9)16-14-20-17-13-11-10-12-15(16)17/h10-13,16,20H,14H2,1-9H3. The lowest BCUT2D eigenvalue weighted by Gasteiger charge is -2.41. The van der Waals surface area contributed by atoms with Crippen molar-refractivity contribution in [3.8, 4) is 0 Å². The van der Waals surface area contributed by atoms with Crippen molar-refractivity contribution < 1.29 is 0 Å². The number of anilines is 1. The van der Waals surface area contributed by atoms with Crippen molar-refractivity contribution in [1.29, 1.82) is 0 Å². The Morgan fingerprint density at radius 1 is 0.826 bits per heavy atom. The van der Waals surface area contributed by atoms with E-state index >= 15 is 0 Å². The minimum atomic E-state index is -1.39. The minimum absolute atomic E-state index is 0.603. The first kappa shape index (κ1) is 18.7. The van der Waals surface area contributed by atoms with Gasteiger partial charge in [0.2, 0.25) is 0 Å². The largest absolute Gasteiger partial charge is 0.384 e. The molecule has 1 nitrogen and oxygen atoms in total. The van der Waals surface area contributed by atoms with Gasteiger partial charge in [-0.05, 0) is 11.6 Å². The van der Waals surface area contributed by atoms with E-state index in [9.17, 15) is 0 Å². The molecule has 1 aliphatic rings. The van der Waals surface area contributed by atoms with Crippen LogP contribution in [0.2, 0.25) is 58.9 Å². The van der Waals surface area contributed by atoms with Gasteiger partial charge in [0.1, 0.15) is 0 Å². The van der Waals surface area contributed by atoms with E-state index in [-0.39, 0.29) is 0 Å². The Kier molecular flexibility index (Phi) is 4.93. The lowest BCUT2D eigenvalue weighted by molar-refractivity contribution is 0.915. The van der Waals surface area contributed by atoms with E-state index in [1.807, 2.05) is 10.0 Å². The highest BCUT2D eigenvalue weighted by Crippen LogP contribution is 2.44. The second kappa shape index (κ2) is 6.05. The average molecular weight is 362 g/mol. The lowest BCUT2D eigenvalue weighted by Crippen LogP contribution is -2.46. The minimum Gasteiger partial charge on any atom is -0.384 e. The SMILES string of the molecule is C[Si](C)(C)C(=C([Si](C)(C)C)[Si](C)(C)C)C1CNc2ccccc21. The van der Waals surface area contributed by atoms with E-state index in [0.29, 0.717) is 5.92 Å². The molecule has 1 aromatic carbocycles. The van der Waals surface area contributed by atoms with Gasteiger partial charge in [0.25, 0.3) is 0 Å². The predicted molar refractivity (Wildman–Crippen MR) is 115 cm³/mol. The molecule has 1 atom stereocenters. The van der Waals surface area contributed by atoms with Crippen LogP contribution in [0.15, 0.2) is 34.3 Å². The van der Waals surface area contributed by atoms with Crippen molar-refractivity contribution in [2.45, 2.75) is 64.8 Å². The highest BCUT2D eigenvalue weighted by atomic mass is 28.4. The van der Waals surface area contributed by atoms with Crippen molar-refractivity contribution in [2.24, 2.45) is 0 Å². The maximum Gasteiger partial charge on any atom is 0.0722 e. The molecule has 0 bridgehead atoms. The summed E-state index contributed by atoms with van der Waals surface area (Å²) in [4.78, 5) is 1.95.